The monoisotopic (exact) mass is 227 g/mol. The van der Waals surface area contributed by atoms with E-state index in [1.807, 2.05) is 0 Å². The molecule has 0 saturated carbocycles. The molecule has 0 N–H and O–H groups in total. The Kier molecular flexibility index (Phi) is 3.93. The summed E-state index contributed by atoms with van der Waals surface area (Å²) in [6.45, 7) is -0.281. The van der Waals surface area contributed by atoms with Gasteiger partial charge in [0.05, 0.1) is 21.3 Å². The molecule has 0 radical (unpaired) electrons. The summed E-state index contributed by atoms with van der Waals surface area (Å²) in [5.41, 5.74) is 0.500. The Morgan fingerprint density at radius 3 is 1.94 bits per heavy atom. The fraction of sp³-hybridized carbons (Fsp3) is 0.400. The van der Waals surface area contributed by atoms with Gasteiger partial charge in [-0.05, 0) is 12.1 Å². The second-order valence-electron chi connectivity index (χ2n) is 3.02. The molecule has 0 aliphatic carbocycles. The second kappa shape index (κ2) is 5.20. The predicted octanol–water partition coefficient (Wildman–Crippen LogP) is 1.49. The number of rotatable bonds is 5. The fourth-order valence-electron chi connectivity index (χ4n) is 1.38. The lowest BCUT2D eigenvalue weighted by Gasteiger charge is -2.12. The average Bonchev–Trinajstić information content (AvgIpc) is 2.26. The Balaban J connectivity index is 3.20. The molecule has 0 spiro atoms. The largest absolute Gasteiger partial charge is 0.493 e. The molecule has 0 aliphatic rings. The summed E-state index contributed by atoms with van der Waals surface area (Å²) >= 11 is 0. The summed E-state index contributed by atoms with van der Waals surface area (Å²) in [6.07, 6.45) is 0. The quantitative estimate of drug-likeness (QED) is 0.563. The van der Waals surface area contributed by atoms with Gasteiger partial charge in [0.2, 0.25) is 12.3 Å². The van der Waals surface area contributed by atoms with Gasteiger partial charge in [-0.15, -0.1) is 0 Å². The van der Waals surface area contributed by atoms with E-state index >= 15 is 0 Å². The first-order valence-corrected chi connectivity index (χ1v) is 4.53. The van der Waals surface area contributed by atoms with Crippen LogP contribution in [0.2, 0.25) is 0 Å². The van der Waals surface area contributed by atoms with Gasteiger partial charge in [0.15, 0.2) is 11.5 Å². The standard InChI is InChI=1S/C10H13NO5/c1-14-8-4-7(6-11(12)13)5-9(15-2)10(8)16-3/h4-5H,6H2,1-3H3. The van der Waals surface area contributed by atoms with Crippen molar-refractivity contribution < 1.29 is 19.1 Å². The number of nitrogens with zero attached hydrogens (tertiary/aromatic N) is 1. The van der Waals surface area contributed by atoms with Crippen LogP contribution in [-0.4, -0.2) is 26.3 Å². The molecule has 16 heavy (non-hydrogen) atoms. The second-order valence-corrected chi connectivity index (χ2v) is 3.02. The maximum Gasteiger partial charge on any atom is 0.229 e. The fourth-order valence-corrected chi connectivity index (χ4v) is 1.38. The molecule has 1 aromatic carbocycles. The molecule has 0 unspecified atom stereocenters. The lowest BCUT2D eigenvalue weighted by Crippen LogP contribution is -2.01. The van der Waals surface area contributed by atoms with E-state index in [2.05, 4.69) is 0 Å². The van der Waals surface area contributed by atoms with Crippen molar-refractivity contribution in [1.82, 2.24) is 0 Å². The first kappa shape index (κ1) is 12.1. The lowest BCUT2D eigenvalue weighted by atomic mass is 10.2. The Morgan fingerprint density at radius 1 is 1.12 bits per heavy atom. The lowest BCUT2D eigenvalue weighted by molar-refractivity contribution is -0.496. The Labute approximate surface area is 92.9 Å². The SMILES string of the molecule is COc1cc(C[N+](=O)[O-])cc(OC)c1OC. The highest BCUT2D eigenvalue weighted by Crippen LogP contribution is 2.38. The van der Waals surface area contributed by atoms with Crippen molar-refractivity contribution in [3.05, 3.63) is 27.8 Å². The number of ether oxygens (including phenoxy) is 3. The number of nitro groups is 1. The number of hydrogen-bond donors (Lipinski definition) is 0. The van der Waals surface area contributed by atoms with Gasteiger partial charge in [-0.1, -0.05) is 0 Å². The van der Waals surface area contributed by atoms with Crippen LogP contribution in [-0.2, 0) is 6.54 Å². The highest BCUT2D eigenvalue weighted by molar-refractivity contribution is 5.53. The van der Waals surface area contributed by atoms with Crippen molar-refractivity contribution in [1.29, 1.82) is 0 Å². The molecule has 0 aliphatic heterocycles. The zero-order valence-corrected chi connectivity index (χ0v) is 9.35. The van der Waals surface area contributed by atoms with Gasteiger partial charge in [-0.3, -0.25) is 10.1 Å². The molecule has 0 atom stereocenters. The molecule has 0 saturated heterocycles. The first-order valence-electron chi connectivity index (χ1n) is 4.53. The highest BCUT2D eigenvalue weighted by Gasteiger charge is 2.15. The summed E-state index contributed by atoms with van der Waals surface area (Å²) in [4.78, 5) is 10.00. The Hall–Kier alpha value is -1.98. The van der Waals surface area contributed by atoms with Crippen LogP contribution in [0.25, 0.3) is 0 Å². The van der Waals surface area contributed by atoms with Crippen molar-refractivity contribution >= 4 is 0 Å². The van der Waals surface area contributed by atoms with Crippen LogP contribution in [0, 0.1) is 10.1 Å². The summed E-state index contributed by atoms with van der Waals surface area (Å²) in [6, 6.07) is 3.12. The smallest absolute Gasteiger partial charge is 0.229 e. The zero-order valence-electron chi connectivity index (χ0n) is 9.35. The highest BCUT2D eigenvalue weighted by atomic mass is 16.6. The maximum absolute atomic E-state index is 10.4. The van der Waals surface area contributed by atoms with E-state index in [1.54, 1.807) is 12.1 Å². The molecular weight excluding hydrogens is 214 g/mol. The molecule has 1 aromatic rings. The van der Waals surface area contributed by atoms with E-state index < -0.39 is 4.92 Å². The van der Waals surface area contributed by atoms with Crippen molar-refractivity contribution in [3.63, 3.8) is 0 Å². The van der Waals surface area contributed by atoms with E-state index in [0.29, 0.717) is 22.8 Å². The number of hydrogen-bond acceptors (Lipinski definition) is 5. The van der Waals surface area contributed by atoms with Crippen LogP contribution >= 0.6 is 0 Å². The van der Waals surface area contributed by atoms with E-state index in [0.717, 1.165) is 0 Å². The molecule has 0 fully saturated rings. The third-order valence-electron chi connectivity index (χ3n) is 2.04. The first-order chi connectivity index (χ1) is 7.62. The van der Waals surface area contributed by atoms with Crippen LogP contribution in [0.4, 0.5) is 0 Å². The molecule has 88 valence electrons. The van der Waals surface area contributed by atoms with Crippen LogP contribution < -0.4 is 14.2 Å². The van der Waals surface area contributed by atoms with Crippen LogP contribution in [0.1, 0.15) is 5.56 Å². The molecule has 6 heteroatoms. The normalized spacial score (nSPS) is 9.69. The van der Waals surface area contributed by atoms with Crippen LogP contribution in [0.3, 0.4) is 0 Å². The van der Waals surface area contributed by atoms with Gasteiger partial charge >= 0.3 is 0 Å². The zero-order chi connectivity index (χ0) is 12.1. The van der Waals surface area contributed by atoms with E-state index in [1.165, 1.54) is 21.3 Å². The summed E-state index contributed by atoms with van der Waals surface area (Å²) in [5.74, 6) is 1.26. The average molecular weight is 227 g/mol. The van der Waals surface area contributed by atoms with Gasteiger partial charge in [-0.25, -0.2) is 0 Å². The van der Waals surface area contributed by atoms with Crippen molar-refractivity contribution in [3.8, 4) is 17.2 Å². The minimum atomic E-state index is -0.416. The minimum absolute atomic E-state index is 0.281. The molecular formula is C10H13NO5. The van der Waals surface area contributed by atoms with Gasteiger partial charge in [0.1, 0.15) is 0 Å². The Morgan fingerprint density at radius 2 is 1.62 bits per heavy atom. The summed E-state index contributed by atoms with van der Waals surface area (Å²) < 4.78 is 15.2. The third-order valence-corrected chi connectivity index (χ3v) is 2.04. The number of benzene rings is 1. The molecule has 0 aromatic heterocycles. The van der Waals surface area contributed by atoms with Gasteiger partial charge in [0, 0.05) is 10.5 Å². The summed E-state index contributed by atoms with van der Waals surface area (Å²) in [7, 11) is 4.41. The van der Waals surface area contributed by atoms with E-state index in [9.17, 15) is 10.1 Å². The van der Waals surface area contributed by atoms with Gasteiger partial charge in [-0.2, -0.15) is 0 Å². The van der Waals surface area contributed by atoms with Crippen LogP contribution in [0.5, 0.6) is 17.2 Å². The minimum Gasteiger partial charge on any atom is -0.493 e. The van der Waals surface area contributed by atoms with Gasteiger partial charge < -0.3 is 14.2 Å². The van der Waals surface area contributed by atoms with E-state index in [4.69, 9.17) is 14.2 Å². The maximum atomic E-state index is 10.4. The van der Waals surface area contributed by atoms with Crippen molar-refractivity contribution in [2.24, 2.45) is 0 Å². The summed E-state index contributed by atoms with van der Waals surface area (Å²) in [5, 5.41) is 10.4. The Bertz CT molecular complexity index is 366. The molecule has 0 bridgehead atoms. The molecule has 1 rings (SSSR count). The number of methoxy groups -OCH3 is 3. The molecule has 0 amide bonds. The third kappa shape index (κ3) is 2.53. The molecule has 0 heterocycles. The van der Waals surface area contributed by atoms with Crippen molar-refractivity contribution in [2.75, 3.05) is 21.3 Å². The topological polar surface area (TPSA) is 70.8 Å². The van der Waals surface area contributed by atoms with E-state index in [-0.39, 0.29) is 6.54 Å². The van der Waals surface area contributed by atoms with Crippen LogP contribution in [0.15, 0.2) is 12.1 Å². The molecule has 6 nitrogen and oxygen atoms in total. The predicted molar refractivity (Wildman–Crippen MR) is 56.8 cm³/mol. The van der Waals surface area contributed by atoms with Gasteiger partial charge in [0.25, 0.3) is 0 Å². The van der Waals surface area contributed by atoms with Crippen molar-refractivity contribution in [2.45, 2.75) is 6.54 Å².